The molecule has 0 bridgehead atoms. The van der Waals surface area contributed by atoms with Crippen LogP contribution in [0.25, 0.3) is 0 Å². The highest BCUT2D eigenvalue weighted by molar-refractivity contribution is 9.11. The molecule has 3 aliphatic heterocycles. The summed E-state index contributed by atoms with van der Waals surface area (Å²) in [7, 11) is -3.01. The molecule has 0 radical (unpaired) electrons. The highest BCUT2D eigenvalue weighted by atomic mass is 79.9. The fourth-order valence-corrected chi connectivity index (χ4v) is 8.60. The van der Waals surface area contributed by atoms with E-state index >= 15 is 0 Å². The number of halogens is 4. The Balaban J connectivity index is 0.000000157. The lowest BCUT2D eigenvalue weighted by molar-refractivity contribution is -0.135. The molecule has 4 aliphatic rings. The van der Waals surface area contributed by atoms with Crippen LogP contribution in [0.3, 0.4) is 0 Å². The van der Waals surface area contributed by atoms with E-state index in [1.807, 2.05) is 41.3 Å². The van der Waals surface area contributed by atoms with E-state index in [9.17, 15) is 27.2 Å². The quantitative estimate of drug-likeness (QED) is 0.301. The topological polar surface area (TPSA) is 108 Å². The minimum atomic E-state index is -3.01. The molecule has 1 aliphatic carbocycles. The van der Waals surface area contributed by atoms with Crippen molar-refractivity contribution in [1.82, 2.24) is 19.6 Å². The van der Waals surface area contributed by atoms with Gasteiger partial charge in [-0.1, -0.05) is 72.9 Å². The van der Waals surface area contributed by atoms with Crippen LogP contribution in [0.15, 0.2) is 80.1 Å². The van der Waals surface area contributed by atoms with Gasteiger partial charge < -0.3 is 24.3 Å². The summed E-state index contributed by atoms with van der Waals surface area (Å²) in [5.41, 5.74) is 2.03. The van der Waals surface area contributed by atoms with Crippen molar-refractivity contribution in [1.29, 1.82) is 0 Å². The molecule has 3 heterocycles. The molecule has 0 spiro atoms. The first kappa shape index (κ1) is 42.5. The molecule has 3 aromatic carbocycles. The molecule has 4 fully saturated rings. The zero-order chi connectivity index (χ0) is 38.9. The molecule has 1 saturated carbocycles. The first-order valence-electron chi connectivity index (χ1n) is 18.1. The van der Waals surface area contributed by atoms with E-state index in [0.717, 1.165) is 60.1 Å². The van der Waals surface area contributed by atoms with Crippen LogP contribution in [-0.4, -0.2) is 129 Å². The molecule has 0 atom stereocenters. The van der Waals surface area contributed by atoms with Gasteiger partial charge in [0.25, 0.3) is 5.91 Å². The molecule has 3 amide bonds. The second-order valence-corrected chi connectivity index (χ2v) is 18.7. The number of morpholine rings is 1. The lowest BCUT2D eigenvalue weighted by atomic mass is 9.94. The first-order chi connectivity index (χ1) is 25.8. The molecule has 15 heteroatoms. The van der Waals surface area contributed by atoms with Crippen LogP contribution < -0.4 is 0 Å². The van der Waals surface area contributed by atoms with E-state index < -0.39 is 15.7 Å². The molecular weight excluding hydrogens is 911 g/mol. The van der Waals surface area contributed by atoms with Crippen LogP contribution in [0.4, 0.5) is 4.39 Å². The SMILES string of the molecule is CCN1CCN(C(=O)C2(c3ccc(Br)cc3)CC2)CC1.O=C(Cc1ccc(Br)cc1F)N1CCS(=O)(=O)CC1.O=C(c1ccc(Br)cc1)N1CCOCC1. The molecule has 10 nitrogen and oxygen atoms in total. The number of hydrogen-bond donors (Lipinski definition) is 0. The Labute approximate surface area is 342 Å². The van der Waals surface area contributed by atoms with Crippen molar-refractivity contribution in [3.05, 3.63) is 103 Å². The second-order valence-electron chi connectivity index (χ2n) is 13.7. The summed E-state index contributed by atoms with van der Waals surface area (Å²) in [6.07, 6.45) is 1.96. The number of sulfone groups is 1. The first-order valence-corrected chi connectivity index (χ1v) is 22.3. The Hall–Kier alpha value is -2.69. The monoisotopic (exact) mass is 954 g/mol. The Kier molecular flexibility index (Phi) is 15.3. The fourth-order valence-electron chi connectivity index (χ4n) is 6.53. The highest BCUT2D eigenvalue weighted by Gasteiger charge is 2.53. The maximum atomic E-state index is 13.6. The maximum Gasteiger partial charge on any atom is 0.254 e. The maximum absolute atomic E-state index is 13.6. The molecule has 0 unspecified atom stereocenters. The second kappa shape index (κ2) is 19.4. The van der Waals surface area contributed by atoms with Gasteiger partial charge in [-0.05, 0) is 79.0 Å². The number of piperazine rings is 1. The summed E-state index contributed by atoms with van der Waals surface area (Å²) in [6.45, 7) is 10.1. The number of likely N-dealkylation sites (N-methyl/N-ethyl adjacent to an activating group) is 1. The van der Waals surface area contributed by atoms with Gasteiger partial charge in [0, 0.05) is 71.3 Å². The van der Waals surface area contributed by atoms with Crippen molar-refractivity contribution in [2.75, 3.05) is 83.6 Å². The normalized spacial score (nSPS) is 19.1. The Morgan fingerprint density at radius 3 is 1.81 bits per heavy atom. The van der Waals surface area contributed by atoms with E-state index in [-0.39, 0.29) is 48.2 Å². The number of benzene rings is 3. The molecule has 3 saturated heterocycles. The van der Waals surface area contributed by atoms with E-state index in [2.05, 4.69) is 76.6 Å². The van der Waals surface area contributed by atoms with Gasteiger partial charge >= 0.3 is 0 Å². The molecule has 54 heavy (non-hydrogen) atoms. The van der Waals surface area contributed by atoms with Crippen LogP contribution in [-0.2, 0) is 36.0 Å². The number of carbonyl (C=O) groups excluding carboxylic acids is 3. The summed E-state index contributed by atoms with van der Waals surface area (Å²) >= 11 is 9.96. The minimum Gasteiger partial charge on any atom is -0.378 e. The summed E-state index contributed by atoms with van der Waals surface area (Å²) in [4.78, 5) is 44.6. The highest BCUT2D eigenvalue weighted by Crippen LogP contribution is 2.50. The van der Waals surface area contributed by atoms with E-state index in [4.69, 9.17) is 4.74 Å². The number of nitrogens with zero attached hydrogens (tertiary/aromatic N) is 4. The minimum absolute atomic E-state index is 0.0123. The van der Waals surface area contributed by atoms with Crippen molar-refractivity contribution in [2.45, 2.75) is 31.6 Å². The van der Waals surface area contributed by atoms with Gasteiger partial charge in [-0.2, -0.15) is 0 Å². The third kappa shape index (κ3) is 11.7. The lowest BCUT2D eigenvalue weighted by Crippen LogP contribution is -2.51. The van der Waals surface area contributed by atoms with E-state index in [0.29, 0.717) is 42.2 Å². The van der Waals surface area contributed by atoms with E-state index in [1.165, 1.54) is 16.5 Å². The molecule has 3 aromatic rings. The van der Waals surface area contributed by atoms with Crippen LogP contribution in [0.1, 0.15) is 41.3 Å². The molecule has 292 valence electrons. The van der Waals surface area contributed by atoms with Crippen LogP contribution in [0, 0.1) is 5.82 Å². The Morgan fingerprint density at radius 2 is 1.28 bits per heavy atom. The number of amides is 3. The van der Waals surface area contributed by atoms with E-state index in [1.54, 1.807) is 12.1 Å². The van der Waals surface area contributed by atoms with Crippen LogP contribution in [0.2, 0.25) is 0 Å². The van der Waals surface area contributed by atoms with Gasteiger partial charge in [0.2, 0.25) is 11.8 Å². The van der Waals surface area contributed by atoms with Crippen molar-refractivity contribution in [2.24, 2.45) is 0 Å². The van der Waals surface area contributed by atoms with Gasteiger partial charge in [-0.15, -0.1) is 0 Å². The Bertz CT molecular complexity index is 1850. The largest absolute Gasteiger partial charge is 0.378 e. The lowest BCUT2D eigenvalue weighted by Gasteiger charge is -2.36. The van der Waals surface area contributed by atoms with Gasteiger partial charge in [0.1, 0.15) is 5.82 Å². The summed E-state index contributed by atoms with van der Waals surface area (Å²) in [5.74, 6) is -0.270. The summed E-state index contributed by atoms with van der Waals surface area (Å²) < 4.78 is 44.0. The number of hydrogen-bond acceptors (Lipinski definition) is 7. The van der Waals surface area contributed by atoms with Crippen molar-refractivity contribution >= 4 is 75.3 Å². The third-order valence-electron chi connectivity index (χ3n) is 10.1. The van der Waals surface area contributed by atoms with Crippen LogP contribution in [0.5, 0.6) is 0 Å². The summed E-state index contributed by atoms with van der Waals surface area (Å²) in [5, 5.41) is 0. The average molecular weight is 958 g/mol. The average Bonchev–Trinajstić information content (AvgIpc) is 3.99. The van der Waals surface area contributed by atoms with Crippen LogP contribution >= 0.6 is 47.8 Å². The summed E-state index contributed by atoms with van der Waals surface area (Å²) in [6, 6.07) is 20.2. The van der Waals surface area contributed by atoms with Gasteiger partial charge in [-0.3, -0.25) is 14.4 Å². The smallest absolute Gasteiger partial charge is 0.254 e. The molecule has 0 N–H and O–H groups in total. The predicted octanol–water partition coefficient (Wildman–Crippen LogP) is 5.95. The standard InChI is InChI=1S/C16H21BrN2O.C12H13BrFNO3S.C11H12BrNO2/c1-2-18-9-11-19(12-10-18)15(20)16(7-8-16)13-3-5-14(17)6-4-13;13-10-2-1-9(11(14)8-10)7-12(16)15-3-5-19(17,18)6-4-15;12-10-3-1-9(2-4-10)11(14)13-5-7-15-8-6-13/h3-6H,2,7-12H2,1H3;1-2,8H,3-7H2;1-4H,5-8H2. The molecular formula is C39H46Br3FN4O6S. The number of carbonyl (C=O) groups is 3. The Morgan fingerprint density at radius 1 is 0.722 bits per heavy atom. The number of ether oxygens (including phenoxy) is 1. The van der Waals surface area contributed by atoms with Crippen molar-refractivity contribution in [3.63, 3.8) is 0 Å². The van der Waals surface area contributed by atoms with Gasteiger partial charge in [0.15, 0.2) is 9.84 Å². The zero-order valence-electron chi connectivity index (χ0n) is 30.3. The third-order valence-corrected chi connectivity index (χ3v) is 13.3. The fraction of sp³-hybridized carbons (Fsp3) is 0.462. The zero-order valence-corrected chi connectivity index (χ0v) is 35.9. The van der Waals surface area contributed by atoms with Gasteiger partial charge in [-0.25, -0.2) is 12.8 Å². The van der Waals surface area contributed by atoms with Crippen molar-refractivity contribution in [3.8, 4) is 0 Å². The number of rotatable bonds is 6. The molecule has 7 rings (SSSR count). The van der Waals surface area contributed by atoms with Gasteiger partial charge in [0.05, 0.1) is 36.6 Å². The molecule has 0 aromatic heterocycles. The predicted molar refractivity (Wildman–Crippen MR) is 218 cm³/mol. The van der Waals surface area contributed by atoms with Crippen molar-refractivity contribution < 1.29 is 31.9 Å².